The number of nitrogens with one attached hydrogen (secondary N) is 1. The fourth-order valence-corrected chi connectivity index (χ4v) is 3.74. The van der Waals surface area contributed by atoms with E-state index in [2.05, 4.69) is 5.32 Å². The second-order valence-electron chi connectivity index (χ2n) is 7.62. The van der Waals surface area contributed by atoms with Crippen molar-refractivity contribution >= 4 is 29.1 Å². The number of piperidine rings is 1. The Bertz CT molecular complexity index is 1060. The standard InChI is InChI=1S/C24H23ClN2O4/c1-16-2-5-20(6-3-16)31-22-7-4-19(25)14-21(22)26-23(28)17-8-11-27(12-9-17)24(29)18-10-13-30-15-18/h2-7,10,13-15,17H,8-9,11-12H2,1H3,(H,26,28). The zero-order valence-corrected chi connectivity index (χ0v) is 17.9. The minimum absolute atomic E-state index is 0.0729. The van der Waals surface area contributed by atoms with Crippen LogP contribution in [0, 0.1) is 12.8 Å². The van der Waals surface area contributed by atoms with E-state index in [-0.39, 0.29) is 17.7 Å². The summed E-state index contributed by atoms with van der Waals surface area (Å²) in [4.78, 5) is 27.1. The van der Waals surface area contributed by atoms with Crippen LogP contribution in [0.3, 0.4) is 0 Å². The molecule has 0 spiro atoms. The molecule has 31 heavy (non-hydrogen) atoms. The van der Waals surface area contributed by atoms with Crippen LogP contribution in [0.4, 0.5) is 5.69 Å². The fraction of sp³-hybridized carbons (Fsp3) is 0.250. The van der Waals surface area contributed by atoms with Gasteiger partial charge in [-0.1, -0.05) is 29.3 Å². The van der Waals surface area contributed by atoms with Gasteiger partial charge >= 0.3 is 0 Å². The van der Waals surface area contributed by atoms with E-state index < -0.39 is 0 Å². The van der Waals surface area contributed by atoms with Gasteiger partial charge in [-0.25, -0.2) is 0 Å². The first kappa shape index (κ1) is 21.0. The third-order valence-electron chi connectivity index (χ3n) is 5.37. The van der Waals surface area contributed by atoms with Gasteiger partial charge in [0.2, 0.25) is 5.91 Å². The third-order valence-corrected chi connectivity index (χ3v) is 5.60. The largest absolute Gasteiger partial charge is 0.472 e. The number of hydrogen-bond acceptors (Lipinski definition) is 4. The minimum Gasteiger partial charge on any atom is -0.472 e. The lowest BCUT2D eigenvalue weighted by Gasteiger charge is -2.31. The van der Waals surface area contributed by atoms with Gasteiger partial charge in [0, 0.05) is 24.0 Å². The van der Waals surface area contributed by atoms with E-state index >= 15 is 0 Å². The fourth-order valence-electron chi connectivity index (χ4n) is 3.57. The number of carbonyl (C=O) groups is 2. The SMILES string of the molecule is Cc1ccc(Oc2ccc(Cl)cc2NC(=O)C2CCN(C(=O)c3ccoc3)CC2)cc1. The van der Waals surface area contributed by atoms with Crippen LogP contribution in [0.25, 0.3) is 0 Å². The molecule has 2 aromatic carbocycles. The number of hydrogen-bond donors (Lipinski definition) is 1. The molecule has 1 aromatic heterocycles. The van der Waals surface area contributed by atoms with E-state index in [4.69, 9.17) is 20.8 Å². The molecule has 1 aliphatic heterocycles. The molecule has 3 aromatic rings. The number of furan rings is 1. The van der Waals surface area contributed by atoms with Crippen molar-refractivity contribution in [2.75, 3.05) is 18.4 Å². The van der Waals surface area contributed by atoms with Crippen molar-refractivity contribution in [2.24, 2.45) is 5.92 Å². The molecule has 7 heteroatoms. The minimum atomic E-state index is -0.195. The molecule has 0 aliphatic carbocycles. The van der Waals surface area contributed by atoms with Gasteiger partial charge in [0.25, 0.3) is 5.91 Å². The van der Waals surface area contributed by atoms with Crippen LogP contribution in [-0.2, 0) is 4.79 Å². The lowest BCUT2D eigenvalue weighted by molar-refractivity contribution is -0.121. The van der Waals surface area contributed by atoms with Crippen molar-refractivity contribution < 1.29 is 18.7 Å². The molecule has 1 saturated heterocycles. The van der Waals surface area contributed by atoms with Gasteiger partial charge in [-0.05, 0) is 56.2 Å². The number of nitrogens with zero attached hydrogens (tertiary/aromatic N) is 1. The normalized spacial score (nSPS) is 14.3. The van der Waals surface area contributed by atoms with Crippen LogP contribution >= 0.6 is 11.6 Å². The number of ether oxygens (including phenoxy) is 1. The Morgan fingerprint density at radius 1 is 1.10 bits per heavy atom. The van der Waals surface area contributed by atoms with Crippen LogP contribution < -0.4 is 10.1 Å². The molecule has 160 valence electrons. The highest BCUT2D eigenvalue weighted by molar-refractivity contribution is 6.31. The van der Waals surface area contributed by atoms with Crippen molar-refractivity contribution in [3.63, 3.8) is 0 Å². The smallest absolute Gasteiger partial charge is 0.257 e. The Hall–Kier alpha value is -3.25. The summed E-state index contributed by atoms with van der Waals surface area (Å²) < 4.78 is 10.9. The van der Waals surface area contributed by atoms with Crippen molar-refractivity contribution in [3.8, 4) is 11.5 Å². The molecule has 2 heterocycles. The van der Waals surface area contributed by atoms with Crippen LogP contribution in [0.5, 0.6) is 11.5 Å². The molecule has 1 aliphatic rings. The monoisotopic (exact) mass is 438 g/mol. The summed E-state index contributed by atoms with van der Waals surface area (Å²) >= 11 is 6.15. The number of carbonyl (C=O) groups excluding carboxylic acids is 2. The molecule has 1 N–H and O–H groups in total. The van der Waals surface area contributed by atoms with E-state index in [1.54, 1.807) is 29.2 Å². The summed E-state index contributed by atoms with van der Waals surface area (Å²) in [6, 6.07) is 14.5. The third kappa shape index (κ3) is 5.09. The van der Waals surface area contributed by atoms with Gasteiger partial charge in [-0.2, -0.15) is 0 Å². The molecule has 0 radical (unpaired) electrons. The highest BCUT2D eigenvalue weighted by atomic mass is 35.5. The highest BCUT2D eigenvalue weighted by Crippen LogP contribution is 2.33. The van der Waals surface area contributed by atoms with Gasteiger partial charge in [0.05, 0.1) is 17.5 Å². The number of rotatable bonds is 5. The maximum atomic E-state index is 12.9. The molecule has 4 rings (SSSR count). The Morgan fingerprint density at radius 2 is 1.84 bits per heavy atom. The Morgan fingerprint density at radius 3 is 2.52 bits per heavy atom. The summed E-state index contributed by atoms with van der Waals surface area (Å²) in [5.74, 6) is 0.825. The molecule has 6 nitrogen and oxygen atoms in total. The molecule has 0 saturated carbocycles. The second kappa shape index (κ2) is 9.27. The van der Waals surface area contributed by atoms with Crippen molar-refractivity contribution in [1.82, 2.24) is 4.90 Å². The van der Waals surface area contributed by atoms with Gasteiger partial charge in [0.1, 0.15) is 12.0 Å². The Kier molecular flexibility index (Phi) is 6.28. The molecule has 1 fully saturated rings. The number of likely N-dealkylation sites (tertiary alicyclic amines) is 1. The van der Waals surface area contributed by atoms with Crippen molar-refractivity contribution in [3.05, 3.63) is 77.2 Å². The Labute approximate surface area is 185 Å². The molecule has 0 atom stereocenters. The van der Waals surface area contributed by atoms with Crippen LogP contribution in [0.15, 0.2) is 65.5 Å². The maximum Gasteiger partial charge on any atom is 0.257 e. The summed E-state index contributed by atoms with van der Waals surface area (Å²) in [5, 5.41) is 3.46. The van der Waals surface area contributed by atoms with E-state index in [0.717, 1.165) is 5.56 Å². The topological polar surface area (TPSA) is 71.8 Å². The highest BCUT2D eigenvalue weighted by Gasteiger charge is 2.28. The van der Waals surface area contributed by atoms with Crippen LogP contribution in [-0.4, -0.2) is 29.8 Å². The quantitative estimate of drug-likeness (QED) is 0.569. The molecule has 0 bridgehead atoms. The van der Waals surface area contributed by atoms with Gasteiger partial charge < -0.3 is 19.4 Å². The van der Waals surface area contributed by atoms with E-state index in [9.17, 15) is 9.59 Å². The maximum absolute atomic E-state index is 12.9. The summed E-state index contributed by atoms with van der Waals surface area (Å²) in [6.45, 7) is 3.04. The zero-order valence-electron chi connectivity index (χ0n) is 17.1. The first-order chi connectivity index (χ1) is 15.0. The van der Waals surface area contributed by atoms with Crippen molar-refractivity contribution in [2.45, 2.75) is 19.8 Å². The Balaban J connectivity index is 1.40. The first-order valence-corrected chi connectivity index (χ1v) is 10.5. The number of halogens is 1. The number of anilines is 1. The van der Waals surface area contributed by atoms with Crippen LogP contribution in [0.2, 0.25) is 5.02 Å². The first-order valence-electron chi connectivity index (χ1n) is 10.2. The van der Waals surface area contributed by atoms with Crippen molar-refractivity contribution in [1.29, 1.82) is 0 Å². The molecule has 2 amide bonds. The van der Waals surface area contributed by atoms with E-state index in [1.807, 2.05) is 31.2 Å². The average Bonchev–Trinajstić information content (AvgIpc) is 3.32. The predicted molar refractivity (Wildman–Crippen MR) is 119 cm³/mol. The summed E-state index contributed by atoms with van der Waals surface area (Å²) in [6.07, 6.45) is 4.10. The molecule has 0 unspecified atom stereocenters. The van der Waals surface area contributed by atoms with E-state index in [0.29, 0.717) is 53.7 Å². The summed E-state index contributed by atoms with van der Waals surface area (Å²) in [5.41, 5.74) is 2.18. The number of amides is 2. The lowest BCUT2D eigenvalue weighted by atomic mass is 9.95. The molecular weight excluding hydrogens is 416 g/mol. The van der Waals surface area contributed by atoms with Gasteiger partial charge in [-0.15, -0.1) is 0 Å². The molecular formula is C24H23ClN2O4. The van der Waals surface area contributed by atoms with Gasteiger partial charge in [-0.3, -0.25) is 9.59 Å². The number of aryl methyl sites for hydroxylation is 1. The van der Waals surface area contributed by atoms with Crippen LogP contribution in [0.1, 0.15) is 28.8 Å². The lowest BCUT2D eigenvalue weighted by Crippen LogP contribution is -2.41. The predicted octanol–water partition coefficient (Wildman–Crippen LogP) is 5.52. The van der Waals surface area contributed by atoms with E-state index in [1.165, 1.54) is 12.5 Å². The average molecular weight is 439 g/mol. The summed E-state index contributed by atoms with van der Waals surface area (Å²) in [7, 11) is 0. The second-order valence-corrected chi connectivity index (χ2v) is 8.06. The van der Waals surface area contributed by atoms with Gasteiger partial charge in [0.15, 0.2) is 5.75 Å². The number of benzene rings is 2. The zero-order chi connectivity index (χ0) is 21.8.